The van der Waals surface area contributed by atoms with E-state index in [1.54, 1.807) is 12.1 Å². The van der Waals surface area contributed by atoms with E-state index >= 15 is 0 Å². The average Bonchev–Trinajstić information content (AvgIpc) is 3.54. The Morgan fingerprint density at radius 3 is 2.15 bits per heavy atom. The van der Waals surface area contributed by atoms with Gasteiger partial charge in [-0.2, -0.15) is 0 Å². The monoisotopic (exact) mass is 727 g/mol. The molecular formula is C36H45N11O6. The van der Waals surface area contributed by atoms with E-state index in [9.17, 15) is 29.1 Å². The molecule has 2 fully saturated rings. The summed E-state index contributed by atoms with van der Waals surface area (Å²) in [7, 11) is 0. The molecule has 2 heterocycles. The zero-order valence-electron chi connectivity index (χ0n) is 29.0. The number of hydrogen-bond acceptors (Lipinski definition) is 8. The molecule has 0 spiro atoms. The van der Waals surface area contributed by atoms with Gasteiger partial charge in [-0.1, -0.05) is 54.6 Å². The van der Waals surface area contributed by atoms with E-state index < -0.39 is 66.3 Å². The first kappa shape index (κ1) is 37.9. The van der Waals surface area contributed by atoms with Gasteiger partial charge >= 0.3 is 0 Å². The zero-order valence-corrected chi connectivity index (χ0v) is 29.0. The number of nitrogens with one attached hydrogen (secondary N) is 4. The van der Waals surface area contributed by atoms with Crippen LogP contribution in [-0.2, 0) is 36.8 Å². The number of phenols is 1. The Hall–Kier alpha value is -6.39. The lowest BCUT2D eigenvalue weighted by Gasteiger charge is -2.29. The molecule has 17 nitrogen and oxygen atoms in total. The molecule has 13 N–H and O–H groups in total. The van der Waals surface area contributed by atoms with Gasteiger partial charge in [0, 0.05) is 32.4 Å². The van der Waals surface area contributed by atoms with E-state index in [0.29, 0.717) is 5.56 Å². The van der Waals surface area contributed by atoms with Crippen molar-refractivity contribution in [2.45, 2.75) is 62.3 Å². The van der Waals surface area contributed by atoms with Crippen LogP contribution in [0.15, 0.2) is 76.7 Å². The van der Waals surface area contributed by atoms with Crippen LogP contribution in [0.2, 0.25) is 0 Å². The van der Waals surface area contributed by atoms with Crippen LogP contribution >= 0.6 is 0 Å². The Labute approximate surface area is 305 Å². The molecule has 0 aliphatic carbocycles. The maximum absolute atomic E-state index is 14.3. The standard InChI is InChI=1S/C36H45N11O6/c37-35(38)41-13-3-6-26-32(51)46-27(16-21-7-10-22-4-1-2-5-23(22)14-21)31(50)42-18-30(49)44-28(15-20-8-11-25(48)12-9-20)34(53)47-19-24(43-36(39)40)17-29(47)33(52)45-26/h1-2,4-5,7-12,14,24,26-29,48H,3,6,13,15-19H2,(H,42,50)(H,44,49)(H,45,52)(H,46,51)(H4,37,38,41)(H4,39,40,43)/t24-,26-,27-,28+,29-/m0/s1. The first-order valence-electron chi connectivity index (χ1n) is 17.2. The molecule has 5 amide bonds. The highest BCUT2D eigenvalue weighted by molar-refractivity contribution is 5.98. The van der Waals surface area contributed by atoms with Crippen LogP contribution in [0.3, 0.4) is 0 Å². The minimum Gasteiger partial charge on any atom is -0.508 e. The third-order valence-electron chi connectivity index (χ3n) is 9.09. The van der Waals surface area contributed by atoms with Crippen LogP contribution in [0.5, 0.6) is 5.75 Å². The fraction of sp³-hybridized carbons (Fsp3) is 0.361. The molecule has 0 bridgehead atoms. The van der Waals surface area contributed by atoms with E-state index in [1.165, 1.54) is 17.0 Å². The van der Waals surface area contributed by atoms with Crippen molar-refractivity contribution < 1.29 is 29.1 Å². The van der Waals surface area contributed by atoms with Gasteiger partial charge in [0.1, 0.15) is 29.9 Å². The van der Waals surface area contributed by atoms with Gasteiger partial charge in [-0.3, -0.25) is 29.0 Å². The van der Waals surface area contributed by atoms with Crippen LogP contribution < -0.4 is 44.2 Å². The molecule has 2 aliphatic heterocycles. The Bertz CT molecular complexity index is 1890. The molecule has 3 aromatic rings. The summed E-state index contributed by atoms with van der Waals surface area (Å²) in [6, 6.07) is 14.2. The third kappa shape index (κ3) is 10.3. The van der Waals surface area contributed by atoms with E-state index in [1.807, 2.05) is 42.5 Å². The number of carbonyl (C=O) groups excluding carboxylic acids is 5. The maximum Gasteiger partial charge on any atom is 0.246 e. The molecule has 53 heavy (non-hydrogen) atoms. The average molecular weight is 728 g/mol. The van der Waals surface area contributed by atoms with Crippen molar-refractivity contribution in [2.24, 2.45) is 32.9 Å². The first-order chi connectivity index (χ1) is 25.4. The van der Waals surface area contributed by atoms with Crippen LogP contribution in [-0.4, -0.2) is 101 Å². The molecule has 280 valence electrons. The second-order valence-electron chi connectivity index (χ2n) is 13.1. The fourth-order valence-electron chi connectivity index (χ4n) is 6.54. The number of phenolic OH excluding ortho intramolecular Hbond substituents is 1. The number of carbonyl (C=O) groups is 5. The topological polar surface area (TPSA) is 286 Å². The summed E-state index contributed by atoms with van der Waals surface area (Å²) >= 11 is 0. The van der Waals surface area contributed by atoms with Gasteiger partial charge in [0.05, 0.1) is 12.6 Å². The van der Waals surface area contributed by atoms with Crippen molar-refractivity contribution >= 4 is 52.2 Å². The minimum absolute atomic E-state index is 0.00531. The highest BCUT2D eigenvalue weighted by Gasteiger charge is 2.43. The number of amides is 5. The molecule has 3 aromatic carbocycles. The van der Waals surface area contributed by atoms with Crippen molar-refractivity contribution in [2.75, 3.05) is 19.6 Å². The van der Waals surface area contributed by atoms with Crippen molar-refractivity contribution in [3.63, 3.8) is 0 Å². The van der Waals surface area contributed by atoms with Crippen LogP contribution in [0.25, 0.3) is 10.8 Å². The van der Waals surface area contributed by atoms with Gasteiger partial charge in [-0.15, -0.1) is 0 Å². The third-order valence-corrected chi connectivity index (χ3v) is 9.09. The summed E-state index contributed by atoms with van der Waals surface area (Å²) in [5.74, 6) is -3.61. The minimum atomic E-state index is -1.19. The lowest BCUT2D eigenvalue weighted by atomic mass is 10.0. The van der Waals surface area contributed by atoms with Gasteiger partial charge in [-0.25, -0.2) is 4.99 Å². The van der Waals surface area contributed by atoms with Crippen molar-refractivity contribution in [3.8, 4) is 5.75 Å². The quantitative estimate of drug-likeness (QED) is 0.0678. The van der Waals surface area contributed by atoms with E-state index in [0.717, 1.165) is 16.3 Å². The second kappa shape index (κ2) is 17.2. The second-order valence-corrected chi connectivity index (χ2v) is 13.1. The zero-order chi connectivity index (χ0) is 38.1. The summed E-state index contributed by atoms with van der Waals surface area (Å²) in [6.07, 6.45) is 0.462. The van der Waals surface area contributed by atoms with Gasteiger partial charge < -0.3 is 54.2 Å². The molecule has 5 atom stereocenters. The lowest BCUT2D eigenvalue weighted by Crippen LogP contribution is -2.57. The predicted molar refractivity (Wildman–Crippen MR) is 198 cm³/mol. The smallest absolute Gasteiger partial charge is 0.246 e. The molecule has 0 saturated carbocycles. The van der Waals surface area contributed by atoms with E-state index in [4.69, 9.17) is 22.9 Å². The van der Waals surface area contributed by atoms with Crippen LogP contribution in [0.4, 0.5) is 0 Å². The number of aliphatic imine (C=N–C) groups is 2. The van der Waals surface area contributed by atoms with Gasteiger partial charge in [0.25, 0.3) is 0 Å². The molecule has 17 heteroatoms. The highest BCUT2D eigenvalue weighted by Crippen LogP contribution is 2.24. The Kier molecular flexibility index (Phi) is 12.3. The Morgan fingerprint density at radius 2 is 1.43 bits per heavy atom. The summed E-state index contributed by atoms with van der Waals surface area (Å²) in [5.41, 5.74) is 23.6. The number of nitrogens with two attached hydrogens (primary N) is 4. The number of hydrogen-bond donors (Lipinski definition) is 9. The SMILES string of the molecule is NC(N)=NCCC[C@@H]1NC(=O)[C@@H]2C[C@H](N=C(N)N)CN2C(=O)[C@@H](Cc2ccc(O)cc2)NC(=O)CNC(=O)[C@H](Cc2ccc3ccccc3c2)NC1=O. The summed E-state index contributed by atoms with van der Waals surface area (Å²) < 4.78 is 0. The summed E-state index contributed by atoms with van der Waals surface area (Å²) in [5, 5.41) is 22.6. The lowest BCUT2D eigenvalue weighted by molar-refractivity contribution is -0.142. The Balaban J connectivity index is 1.50. The van der Waals surface area contributed by atoms with E-state index in [2.05, 4.69) is 31.3 Å². The van der Waals surface area contributed by atoms with Gasteiger partial charge in [0.15, 0.2) is 11.9 Å². The first-order valence-corrected chi connectivity index (χ1v) is 17.2. The van der Waals surface area contributed by atoms with Crippen LogP contribution in [0, 0.1) is 0 Å². The molecule has 2 saturated heterocycles. The number of benzene rings is 3. The number of rotatable bonds is 9. The molecule has 2 aliphatic rings. The molecule has 0 aromatic heterocycles. The predicted octanol–water partition coefficient (Wildman–Crippen LogP) is -1.79. The molecule has 0 unspecified atom stereocenters. The number of fused-ring (bicyclic) bond motifs is 2. The fourth-order valence-corrected chi connectivity index (χ4v) is 6.54. The normalized spacial score (nSPS) is 22.7. The van der Waals surface area contributed by atoms with Gasteiger partial charge in [0.2, 0.25) is 29.5 Å². The molecule has 0 radical (unpaired) electrons. The van der Waals surface area contributed by atoms with E-state index in [-0.39, 0.29) is 62.9 Å². The largest absolute Gasteiger partial charge is 0.508 e. The van der Waals surface area contributed by atoms with Gasteiger partial charge in [-0.05, 0) is 46.9 Å². The van der Waals surface area contributed by atoms with Crippen molar-refractivity contribution in [1.82, 2.24) is 26.2 Å². The highest BCUT2D eigenvalue weighted by atomic mass is 16.3. The Morgan fingerprint density at radius 1 is 0.755 bits per heavy atom. The number of nitrogens with zero attached hydrogens (tertiary/aromatic N) is 3. The molecular weight excluding hydrogens is 682 g/mol. The summed E-state index contributed by atoms with van der Waals surface area (Å²) in [4.78, 5) is 78.8. The van der Waals surface area contributed by atoms with Crippen LogP contribution in [0.1, 0.15) is 30.4 Å². The number of guanidine groups is 2. The summed E-state index contributed by atoms with van der Waals surface area (Å²) in [6.45, 7) is -0.402. The maximum atomic E-state index is 14.3. The van der Waals surface area contributed by atoms with Crippen molar-refractivity contribution in [1.29, 1.82) is 0 Å². The molecule has 5 rings (SSSR count). The van der Waals surface area contributed by atoms with Crippen molar-refractivity contribution in [3.05, 3.63) is 77.9 Å². The number of aromatic hydroxyl groups is 1.